The first-order valence-corrected chi connectivity index (χ1v) is 5.45. The van der Waals surface area contributed by atoms with E-state index < -0.39 is 0 Å². The van der Waals surface area contributed by atoms with Crippen LogP contribution in [0.3, 0.4) is 0 Å². The zero-order valence-electron chi connectivity index (χ0n) is 8.90. The molecule has 0 radical (unpaired) electrons. The fraction of sp³-hybridized carbons (Fsp3) is 0.833. The summed E-state index contributed by atoms with van der Waals surface area (Å²) in [6, 6.07) is 0.662. The highest BCUT2D eigenvalue weighted by molar-refractivity contribution is 5.10. The van der Waals surface area contributed by atoms with E-state index in [0.29, 0.717) is 6.04 Å². The molecule has 1 heteroatoms. The molecule has 13 heavy (non-hydrogen) atoms. The van der Waals surface area contributed by atoms with Crippen molar-refractivity contribution in [1.29, 1.82) is 0 Å². The number of hydrogen-bond acceptors (Lipinski definition) is 1. The zero-order chi connectivity index (χ0) is 9.73. The smallest absolute Gasteiger partial charge is 0.0769 e. The summed E-state index contributed by atoms with van der Waals surface area (Å²) in [6.07, 6.45) is 13.3. The molecular formula is C12H21N. The minimum Gasteiger partial charge on any atom is -0.299 e. The van der Waals surface area contributed by atoms with E-state index >= 15 is 0 Å². The number of hydrogen-bond donors (Lipinski definition) is 1. The second-order valence-corrected chi connectivity index (χ2v) is 4.31. The van der Waals surface area contributed by atoms with Crippen molar-refractivity contribution in [1.82, 2.24) is 5.32 Å². The fourth-order valence-corrected chi connectivity index (χ4v) is 1.94. The van der Waals surface area contributed by atoms with E-state index in [1.165, 1.54) is 32.1 Å². The molecule has 1 N–H and O–H groups in total. The maximum Gasteiger partial charge on any atom is 0.0769 e. The van der Waals surface area contributed by atoms with Crippen LogP contribution >= 0.6 is 0 Å². The molecule has 1 aliphatic carbocycles. The Bertz CT molecular complexity index is 186. The van der Waals surface area contributed by atoms with Crippen LogP contribution in [0.1, 0.15) is 52.4 Å². The summed E-state index contributed by atoms with van der Waals surface area (Å²) in [7, 11) is 0. The van der Waals surface area contributed by atoms with E-state index in [-0.39, 0.29) is 5.54 Å². The molecule has 0 aromatic heterocycles. The number of terminal acetylenes is 1. The molecule has 1 rings (SSSR count). The maximum absolute atomic E-state index is 5.52. The van der Waals surface area contributed by atoms with Crippen molar-refractivity contribution >= 4 is 0 Å². The van der Waals surface area contributed by atoms with Crippen LogP contribution in [0, 0.1) is 12.3 Å². The first-order chi connectivity index (χ1) is 6.20. The third kappa shape index (κ3) is 3.04. The fourth-order valence-electron chi connectivity index (χ4n) is 1.94. The highest BCUT2D eigenvalue weighted by Gasteiger charge is 2.23. The van der Waals surface area contributed by atoms with E-state index in [9.17, 15) is 0 Å². The molecule has 1 nitrogen and oxygen atoms in total. The van der Waals surface area contributed by atoms with Crippen molar-refractivity contribution in [2.24, 2.45) is 0 Å². The monoisotopic (exact) mass is 179 g/mol. The first-order valence-electron chi connectivity index (χ1n) is 5.45. The molecule has 0 aromatic rings. The van der Waals surface area contributed by atoms with E-state index in [1.807, 2.05) is 0 Å². The Morgan fingerprint density at radius 1 is 1.38 bits per heavy atom. The third-order valence-corrected chi connectivity index (χ3v) is 3.15. The summed E-state index contributed by atoms with van der Waals surface area (Å²) in [6.45, 7) is 4.28. The van der Waals surface area contributed by atoms with Crippen LogP contribution in [0.25, 0.3) is 0 Å². The topological polar surface area (TPSA) is 12.0 Å². The van der Waals surface area contributed by atoms with Gasteiger partial charge in [0.2, 0.25) is 0 Å². The van der Waals surface area contributed by atoms with Crippen LogP contribution in [-0.2, 0) is 0 Å². The Balaban J connectivity index is 2.41. The molecule has 74 valence electrons. The summed E-state index contributed by atoms with van der Waals surface area (Å²) in [5.41, 5.74) is -0.0813. The Labute approximate surface area is 82.3 Å². The van der Waals surface area contributed by atoms with Crippen molar-refractivity contribution in [2.45, 2.75) is 64.0 Å². The van der Waals surface area contributed by atoms with Crippen LogP contribution in [0.5, 0.6) is 0 Å². The van der Waals surface area contributed by atoms with Crippen molar-refractivity contribution in [3.05, 3.63) is 0 Å². The van der Waals surface area contributed by atoms with Crippen LogP contribution in [-0.4, -0.2) is 11.6 Å². The molecule has 0 aromatic carbocycles. The van der Waals surface area contributed by atoms with Gasteiger partial charge in [0.05, 0.1) is 5.54 Å². The first kappa shape index (κ1) is 10.6. The lowest BCUT2D eigenvalue weighted by Crippen LogP contribution is -2.47. The highest BCUT2D eigenvalue weighted by Crippen LogP contribution is 2.20. The van der Waals surface area contributed by atoms with Gasteiger partial charge in [-0.1, -0.05) is 32.1 Å². The largest absolute Gasteiger partial charge is 0.299 e. The highest BCUT2D eigenvalue weighted by atomic mass is 15.0. The van der Waals surface area contributed by atoms with Crippen molar-refractivity contribution in [3.63, 3.8) is 0 Å². The molecule has 1 atom stereocenters. The third-order valence-electron chi connectivity index (χ3n) is 3.15. The van der Waals surface area contributed by atoms with Crippen molar-refractivity contribution < 1.29 is 0 Å². The van der Waals surface area contributed by atoms with E-state index in [1.54, 1.807) is 0 Å². The van der Waals surface area contributed by atoms with E-state index in [4.69, 9.17) is 6.42 Å². The average molecular weight is 179 g/mol. The predicted molar refractivity (Wildman–Crippen MR) is 57.5 cm³/mol. The molecule has 1 aliphatic rings. The van der Waals surface area contributed by atoms with Gasteiger partial charge < -0.3 is 0 Å². The van der Waals surface area contributed by atoms with Crippen LogP contribution < -0.4 is 5.32 Å². The molecule has 0 amide bonds. The predicted octanol–water partition coefficient (Wildman–Crippen LogP) is 2.71. The molecule has 1 unspecified atom stereocenters. The molecule has 1 saturated carbocycles. The Hall–Kier alpha value is -0.480. The van der Waals surface area contributed by atoms with Gasteiger partial charge in [0.1, 0.15) is 0 Å². The lowest BCUT2D eigenvalue weighted by Gasteiger charge is -2.32. The SMILES string of the molecule is C#CC(C)(CC)NC1CCCCC1. The number of nitrogens with one attached hydrogen (secondary N) is 1. The van der Waals surface area contributed by atoms with Gasteiger partial charge in [0.15, 0.2) is 0 Å². The van der Waals surface area contributed by atoms with E-state index in [2.05, 4.69) is 25.1 Å². The summed E-state index contributed by atoms with van der Waals surface area (Å²) in [5, 5.41) is 3.60. The summed E-state index contributed by atoms with van der Waals surface area (Å²) < 4.78 is 0. The Morgan fingerprint density at radius 2 is 2.00 bits per heavy atom. The Morgan fingerprint density at radius 3 is 2.46 bits per heavy atom. The summed E-state index contributed by atoms with van der Waals surface area (Å²) >= 11 is 0. The average Bonchev–Trinajstić information content (AvgIpc) is 2.19. The Kier molecular flexibility index (Phi) is 3.81. The maximum atomic E-state index is 5.52. The van der Waals surface area contributed by atoms with Gasteiger partial charge in [0, 0.05) is 6.04 Å². The molecule has 0 saturated heterocycles. The second-order valence-electron chi connectivity index (χ2n) is 4.31. The van der Waals surface area contributed by atoms with Gasteiger partial charge in [-0.3, -0.25) is 5.32 Å². The number of rotatable bonds is 3. The van der Waals surface area contributed by atoms with Crippen molar-refractivity contribution in [2.75, 3.05) is 0 Å². The van der Waals surface area contributed by atoms with Gasteiger partial charge in [-0.15, -0.1) is 6.42 Å². The summed E-state index contributed by atoms with van der Waals surface area (Å²) in [5.74, 6) is 2.86. The van der Waals surface area contributed by atoms with E-state index in [0.717, 1.165) is 6.42 Å². The van der Waals surface area contributed by atoms with Crippen LogP contribution in [0.4, 0.5) is 0 Å². The van der Waals surface area contributed by atoms with Gasteiger partial charge >= 0.3 is 0 Å². The zero-order valence-corrected chi connectivity index (χ0v) is 8.90. The molecule has 0 heterocycles. The molecule has 1 fully saturated rings. The van der Waals surface area contributed by atoms with Crippen molar-refractivity contribution in [3.8, 4) is 12.3 Å². The molecule has 0 bridgehead atoms. The molecular weight excluding hydrogens is 158 g/mol. The lowest BCUT2D eigenvalue weighted by atomic mass is 9.91. The standard InChI is InChI=1S/C12H21N/c1-4-12(3,5-2)13-11-9-7-6-8-10-11/h1,11,13H,5-10H2,2-3H3. The quantitative estimate of drug-likeness (QED) is 0.657. The minimum atomic E-state index is -0.0813. The lowest BCUT2D eigenvalue weighted by molar-refractivity contribution is 0.304. The van der Waals surface area contributed by atoms with Gasteiger partial charge in [-0.2, -0.15) is 0 Å². The summed E-state index contributed by atoms with van der Waals surface area (Å²) in [4.78, 5) is 0. The van der Waals surface area contributed by atoms with Gasteiger partial charge in [-0.25, -0.2) is 0 Å². The second kappa shape index (κ2) is 4.67. The minimum absolute atomic E-state index is 0.0813. The van der Waals surface area contributed by atoms with Gasteiger partial charge in [0.25, 0.3) is 0 Å². The van der Waals surface area contributed by atoms with Gasteiger partial charge in [-0.05, 0) is 26.2 Å². The van der Waals surface area contributed by atoms with Crippen LogP contribution in [0.2, 0.25) is 0 Å². The van der Waals surface area contributed by atoms with Crippen LogP contribution in [0.15, 0.2) is 0 Å². The molecule has 0 aliphatic heterocycles. The normalized spacial score (nSPS) is 23.5. The molecule has 0 spiro atoms.